The zero-order chi connectivity index (χ0) is 18.7. The van der Waals surface area contributed by atoms with Crippen LogP contribution in [0.25, 0.3) is 0 Å². The van der Waals surface area contributed by atoms with Crippen LogP contribution in [0, 0.1) is 6.92 Å². The molecule has 6 heteroatoms. The number of benzene rings is 2. The van der Waals surface area contributed by atoms with Crippen LogP contribution in [-0.4, -0.2) is 30.4 Å². The molecule has 26 heavy (non-hydrogen) atoms. The number of ether oxygens (including phenoxy) is 1. The van der Waals surface area contributed by atoms with Gasteiger partial charge >= 0.3 is 0 Å². The lowest BCUT2D eigenvalue weighted by Gasteiger charge is -2.16. The van der Waals surface area contributed by atoms with Crippen molar-refractivity contribution >= 4 is 29.1 Å². The van der Waals surface area contributed by atoms with E-state index in [2.05, 4.69) is 5.32 Å². The number of rotatable bonds is 5. The van der Waals surface area contributed by atoms with Gasteiger partial charge in [-0.3, -0.25) is 9.59 Å². The number of hydrogen-bond acceptors (Lipinski definition) is 3. The van der Waals surface area contributed by atoms with E-state index in [4.69, 9.17) is 16.3 Å². The topological polar surface area (TPSA) is 58.6 Å². The van der Waals surface area contributed by atoms with Crippen molar-refractivity contribution in [3.63, 3.8) is 0 Å². The third-order valence-electron chi connectivity index (χ3n) is 4.46. The lowest BCUT2D eigenvalue weighted by molar-refractivity contribution is -0.128. The van der Waals surface area contributed by atoms with Crippen LogP contribution in [0.3, 0.4) is 0 Å². The summed E-state index contributed by atoms with van der Waals surface area (Å²) in [6.45, 7) is 3.17. The molecule has 0 radical (unpaired) electrons. The van der Waals surface area contributed by atoms with Crippen molar-refractivity contribution in [3.05, 3.63) is 58.1 Å². The molecule has 1 heterocycles. The number of anilines is 1. The van der Waals surface area contributed by atoms with Gasteiger partial charge in [0.2, 0.25) is 5.91 Å². The van der Waals surface area contributed by atoms with Crippen LogP contribution in [0.1, 0.15) is 34.3 Å². The predicted octanol–water partition coefficient (Wildman–Crippen LogP) is 4.03. The first kappa shape index (κ1) is 18.3. The Balaban J connectivity index is 1.77. The second-order valence-corrected chi connectivity index (χ2v) is 6.78. The summed E-state index contributed by atoms with van der Waals surface area (Å²) in [5, 5.41) is 3.45. The fourth-order valence-electron chi connectivity index (χ4n) is 3.03. The second kappa shape index (κ2) is 7.79. The average molecular weight is 373 g/mol. The molecule has 2 aromatic rings. The average Bonchev–Trinajstić information content (AvgIpc) is 3.03. The molecule has 1 N–H and O–H groups in total. The molecule has 1 fully saturated rings. The Hall–Kier alpha value is -2.53. The molecule has 1 aliphatic heterocycles. The number of carbonyl (C=O) groups excluding carboxylic acids is 2. The number of nitrogens with one attached hydrogen (secondary N) is 1. The van der Waals surface area contributed by atoms with E-state index in [1.54, 1.807) is 18.2 Å². The molecule has 0 spiro atoms. The van der Waals surface area contributed by atoms with Crippen LogP contribution >= 0.6 is 11.6 Å². The molecule has 5 nitrogen and oxygen atoms in total. The molecule has 136 valence electrons. The van der Waals surface area contributed by atoms with Crippen LogP contribution in [0.4, 0.5) is 5.69 Å². The summed E-state index contributed by atoms with van der Waals surface area (Å²) in [6, 6.07) is 10.8. The smallest absolute Gasteiger partial charge is 0.255 e. The van der Waals surface area contributed by atoms with Gasteiger partial charge in [0.05, 0.1) is 12.8 Å². The van der Waals surface area contributed by atoms with Crippen LogP contribution in [-0.2, 0) is 11.3 Å². The third kappa shape index (κ3) is 3.99. The van der Waals surface area contributed by atoms with Gasteiger partial charge in [-0.2, -0.15) is 0 Å². The van der Waals surface area contributed by atoms with Gasteiger partial charge in [0.15, 0.2) is 0 Å². The number of methoxy groups -OCH3 is 1. The van der Waals surface area contributed by atoms with Crippen LogP contribution in [0.2, 0.25) is 5.02 Å². The normalized spacial score (nSPS) is 13.8. The van der Waals surface area contributed by atoms with E-state index >= 15 is 0 Å². The highest BCUT2D eigenvalue weighted by atomic mass is 35.5. The Morgan fingerprint density at radius 3 is 2.81 bits per heavy atom. The number of carbonyl (C=O) groups is 2. The number of nitrogens with zero attached hydrogens (tertiary/aromatic N) is 1. The Bertz CT molecular complexity index is 851. The first-order valence-electron chi connectivity index (χ1n) is 8.50. The van der Waals surface area contributed by atoms with Crippen LogP contribution < -0.4 is 10.1 Å². The number of aryl methyl sites for hydroxylation is 1. The minimum atomic E-state index is -0.236. The quantitative estimate of drug-likeness (QED) is 0.861. The second-order valence-electron chi connectivity index (χ2n) is 6.38. The summed E-state index contributed by atoms with van der Waals surface area (Å²) in [7, 11) is 1.53. The first-order chi connectivity index (χ1) is 12.5. The fraction of sp³-hybridized carbons (Fsp3) is 0.300. The molecular weight excluding hydrogens is 352 g/mol. The maximum Gasteiger partial charge on any atom is 0.255 e. The lowest BCUT2D eigenvalue weighted by atomic mass is 10.1. The van der Waals surface area contributed by atoms with Crippen molar-refractivity contribution in [2.45, 2.75) is 26.3 Å². The monoisotopic (exact) mass is 372 g/mol. The van der Waals surface area contributed by atoms with E-state index < -0.39 is 0 Å². The van der Waals surface area contributed by atoms with Crippen LogP contribution in [0.15, 0.2) is 36.4 Å². The molecule has 0 aliphatic carbocycles. The highest BCUT2D eigenvalue weighted by Crippen LogP contribution is 2.31. The van der Waals surface area contributed by atoms with Gasteiger partial charge in [-0.25, -0.2) is 0 Å². The van der Waals surface area contributed by atoms with Gasteiger partial charge in [0.1, 0.15) is 5.75 Å². The van der Waals surface area contributed by atoms with E-state index in [9.17, 15) is 9.59 Å². The van der Waals surface area contributed by atoms with E-state index in [-0.39, 0.29) is 11.8 Å². The van der Waals surface area contributed by atoms with Crippen molar-refractivity contribution in [2.24, 2.45) is 0 Å². The molecule has 0 unspecified atom stereocenters. The highest BCUT2D eigenvalue weighted by Gasteiger charge is 2.20. The van der Waals surface area contributed by atoms with Gasteiger partial charge in [0.25, 0.3) is 5.91 Å². The molecule has 2 amide bonds. The minimum Gasteiger partial charge on any atom is -0.495 e. The number of halogens is 1. The Kier molecular flexibility index (Phi) is 5.47. The standard InChI is InChI=1S/C20H21ClN2O3/c1-13-9-17(18(26-2)11-16(13)21)22-20(25)15-6-3-5-14(10-15)12-23-8-4-7-19(23)24/h3,5-6,9-11H,4,7-8,12H2,1-2H3,(H,22,25). The van der Waals surface area contributed by atoms with Crippen molar-refractivity contribution in [1.29, 1.82) is 0 Å². The molecule has 0 atom stereocenters. The number of likely N-dealkylation sites (tertiary alicyclic amines) is 1. The molecule has 1 aliphatic rings. The maximum absolute atomic E-state index is 12.7. The van der Waals surface area contributed by atoms with Crippen LogP contribution in [0.5, 0.6) is 5.75 Å². The van der Waals surface area contributed by atoms with E-state index in [1.807, 2.05) is 30.0 Å². The summed E-state index contributed by atoms with van der Waals surface area (Å²) in [4.78, 5) is 26.3. The van der Waals surface area contributed by atoms with Crippen molar-refractivity contribution in [3.8, 4) is 5.75 Å². The summed E-state index contributed by atoms with van der Waals surface area (Å²) >= 11 is 6.11. The third-order valence-corrected chi connectivity index (χ3v) is 4.87. The summed E-state index contributed by atoms with van der Waals surface area (Å²) in [6.07, 6.45) is 1.50. The molecule has 2 aromatic carbocycles. The Morgan fingerprint density at radius 2 is 2.12 bits per heavy atom. The number of amides is 2. The van der Waals surface area contributed by atoms with Gasteiger partial charge in [0, 0.05) is 36.2 Å². The summed E-state index contributed by atoms with van der Waals surface area (Å²) in [5.74, 6) is 0.439. The molecule has 0 bridgehead atoms. The van der Waals surface area contributed by atoms with Crippen molar-refractivity contribution in [1.82, 2.24) is 4.90 Å². The van der Waals surface area contributed by atoms with E-state index in [0.29, 0.717) is 35.0 Å². The van der Waals surface area contributed by atoms with Gasteiger partial charge in [-0.05, 0) is 42.7 Å². The molecular formula is C20H21ClN2O3. The summed E-state index contributed by atoms with van der Waals surface area (Å²) < 4.78 is 5.30. The molecule has 3 rings (SSSR count). The lowest BCUT2D eigenvalue weighted by Crippen LogP contribution is -2.24. The fourth-order valence-corrected chi connectivity index (χ4v) is 3.18. The van der Waals surface area contributed by atoms with E-state index in [1.165, 1.54) is 7.11 Å². The minimum absolute atomic E-state index is 0.168. The number of hydrogen-bond donors (Lipinski definition) is 1. The van der Waals surface area contributed by atoms with Gasteiger partial charge in [-0.15, -0.1) is 0 Å². The van der Waals surface area contributed by atoms with Gasteiger partial charge < -0.3 is 15.0 Å². The van der Waals surface area contributed by atoms with Crippen molar-refractivity contribution < 1.29 is 14.3 Å². The molecule has 0 saturated carbocycles. The van der Waals surface area contributed by atoms with Gasteiger partial charge in [-0.1, -0.05) is 23.7 Å². The maximum atomic E-state index is 12.7. The molecule has 1 saturated heterocycles. The first-order valence-corrected chi connectivity index (χ1v) is 8.88. The SMILES string of the molecule is COc1cc(Cl)c(C)cc1NC(=O)c1cccc(CN2CCCC2=O)c1. The predicted molar refractivity (Wildman–Crippen MR) is 102 cm³/mol. The molecule has 0 aromatic heterocycles. The largest absolute Gasteiger partial charge is 0.495 e. The summed E-state index contributed by atoms with van der Waals surface area (Å²) in [5.41, 5.74) is 2.89. The van der Waals surface area contributed by atoms with E-state index in [0.717, 1.165) is 24.1 Å². The highest BCUT2D eigenvalue weighted by molar-refractivity contribution is 6.31. The zero-order valence-electron chi connectivity index (χ0n) is 14.8. The Morgan fingerprint density at radius 1 is 1.31 bits per heavy atom. The zero-order valence-corrected chi connectivity index (χ0v) is 15.6. The van der Waals surface area contributed by atoms with Crippen molar-refractivity contribution in [2.75, 3.05) is 19.0 Å². The Labute approximate surface area is 157 Å².